The summed E-state index contributed by atoms with van der Waals surface area (Å²) in [5.74, 6) is 0.734. The van der Waals surface area contributed by atoms with Gasteiger partial charge in [0.05, 0.1) is 11.9 Å². The van der Waals surface area contributed by atoms with Crippen molar-refractivity contribution in [1.29, 1.82) is 5.26 Å². The molecule has 0 saturated carbocycles. The monoisotopic (exact) mass is 253 g/mol. The normalized spacial score (nSPS) is 9.68. The minimum absolute atomic E-state index is 0.0585. The van der Waals surface area contributed by atoms with Crippen LogP contribution >= 0.6 is 0 Å². The quantitative estimate of drug-likeness (QED) is 0.890. The molecule has 0 amide bonds. The Hall–Kier alpha value is -2.54. The second-order valence-corrected chi connectivity index (χ2v) is 4.10. The summed E-state index contributed by atoms with van der Waals surface area (Å²) in [6.45, 7) is 2.72. The first kappa shape index (κ1) is 12.9. The minimum atomic E-state index is 0.0585. The maximum Gasteiger partial charge on any atom is 0.174 e. The number of rotatable bonds is 5. The topological polar surface area (TPSA) is 57.9 Å². The maximum absolute atomic E-state index is 8.56. The van der Waals surface area contributed by atoms with Gasteiger partial charge in [-0.3, -0.25) is 4.98 Å². The zero-order chi connectivity index (χ0) is 13.5. The van der Waals surface area contributed by atoms with Crippen molar-refractivity contribution in [2.45, 2.75) is 13.5 Å². The SMILES string of the molecule is Cc1ccncc1NCc1ccccc1OCC#N. The Bertz CT molecular complexity index is 590. The molecule has 4 nitrogen and oxygen atoms in total. The first-order valence-corrected chi connectivity index (χ1v) is 6.03. The number of nitriles is 1. The first-order valence-electron chi connectivity index (χ1n) is 6.03. The molecular weight excluding hydrogens is 238 g/mol. The molecule has 2 aromatic rings. The summed E-state index contributed by atoms with van der Waals surface area (Å²) in [4.78, 5) is 4.09. The molecule has 4 heteroatoms. The van der Waals surface area contributed by atoms with Crippen molar-refractivity contribution in [2.24, 2.45) is 0 Å². The third-order valence-corrected chi connectivity index (χ3v) is 2.77. The smallest absolute Gasteiger partial charge is 0.174 e. The molecule has 0 radical (unpaired) electrons. The molecule has 96 valence electrons. The second-order valence-electron chi connectivity index (χ2n) is 4.10. The Morgan fingerprint density at radius 1 is 1.32 bits per heavy atom. The zero-order valence-electron chi connectivity index (χ0n) is 10.8. The van der Waals surface area contributed by atoms with Gasteiger partial charge in [-0.15, -0.1) is 0 Å². The van der Waals surface area contributed by atoms with Crippen LogP contribution in [0.15, 0.2) is 42.7 Å². The van der Waals surface area contributed by atoms with E-state index in [1.807, 2.05) is 43.3 Å². The maximum atomic E-state index is 8.56. The number of pyridine rings is 1. The van der Waals surface area contributed by atoms with Gasteiger partial charge in [-0.1, -0.05) is 18.2 Å². The van der Waals surface area contributed by atoms with E-state index in [0.29, 0.717) is 6.54 Å². The van der Waals surface area contributed by atoms with Crippen LogP contribution in [0.3, 0.4) is 0 Å². The van der Waals surface area contributed by atoms with E-state index < -0.39 is 0 Å². The van der Waals surface area contributed by atoms with Crippen molar-refractivity contribution in [3.05, 3.63) is 53.9 Å². The van der Waals surface area contributed by atoms with E-state index in [1.54, 1.807) is 12.4 Å². The molecule has 1 aromatic carbocycles. The van der Waals surface area contributed by atoms with Crippen molar-refractivity contribution in [1.82, 2.24) is 4.98 Å². The lowest BCUT2D eigenvalue weighted by molar-refractivity contribution is 0.364. The van der Waals surface area contributed by atoms with Gasteiger partial charge in [0, 0.05) is 18.3 Å². The number of nitrogens with zero attached hydrogens (tertiary/aromatic N) is 2. The summed E-state index contributed by atoms with van der Waals surface area (Å²) in [5.41, 5.74) is 3.16. The number of aryl methyl sites for hydroxylation is 1. The molecular formula is C15H15N3O. The molecule has 1 aromatic heterocycles. The van der Waals surface area contributed by atoms with E-state index in [1.165, 1.54) is 0 Å². The number of para-hydroxylation sites is 1. The van der Waals surface area contributed by atoms with Crippen LogP contribution in [0.2, 0.25) is 0 Å². The molecule has 1 N–H and O–H groups in total. The predicted octanol–water partition coefficient (Wildman–Crippen LogP) is 2.90. The van der Waals surface area contributed by atoms with E-state index in [0.717, 1.165) is 22.6 Å². The highest BCUT2D eigenvalue weighted by Gasteiger charge is 2.03. The molecule has 0 aliphatic heterocycles. The van der Waals surface area contributed by atoms with E-state index in [-0.39, 0.29) is 6.61 Å². The Labute approximate surface area is 112 Å². The number of hydrogen-bond acceptors (Lipinski definition) is 4. The largest absolute Gasteiger partial charge is 0.478 e. The average molecular weight is 253 g/mol. The van der Waals surface area contributed by atoms with Gasteiger partial charge in [0.15, 0.2) is 6.61 Å². The number of benzene rings is 1. The standard InChI is InChI=1S/C15H15N3O/c1-12-6-8-17-11-14(12)18-10-13-4-2-3-5-15(13)19-9-7-16/h2-6,8,11,18H,9-10H2,1H3. The van der Waals surface area contributed by atoms with Crippen LogP contribution < -0.4 is 10.1 Å². The predicted molar refractivity (Wildman–Crippen MR) is 73.9 cm³/mol. The lowest BCUT2D eigenvalue weighted by Gasteiger charge is -2.12. The fourth-order valence-corrected chi connectivity index (χ4v) is 1.74. The van der Waals surface area contributed by atoms with Gasteiger partial charge < -0.3 is 10.1 Å². The van der Waals surface area contributed by atoms with Crippen LogP contribution in [-0.2, 0) is 6.54 Å². The van der Waals surface area contributed by atoms with Crippen molar-refractivity contribution in [3.63, 3.8) is 0 Å². The average Bonchev–Trinajstić information content (AvgIpc) is 2.45. The Morgan fingerprint density at radius 3 is 2.95 bits per heavy atom. The molecule has 19 heavy (non-hydrogen) atoms. The third kappa shape index (κ3) is 3.46. The van der Waals surface area contributed by atoms with Crippen LogP contribution in [-0.4, -0.2) is 11.6 Å². The van der Waals surface area contributed by atoms with Gasteiger partial charge >= 0.3 is 0 Å². The summed E-state index contributed by atoms with van der Waals surface area (Å²) in [6.07, 6.45) is 3.57. The lowest BCUT2D eigenvalue weighted by atomic mass is 10.2. The van der Waals surface area contributed by atoms with Crippen LogP contribution in [0.1, 0.15) is 11.1 Å². The molecule has 0 saturated heterocycles. The minimum Gasteiger partial charge on any atom is -0.478 e. The number of hydrogen-bond donors (Lipinski definition) is 1. The van der Waals surface area contributed by atoms with E-state index in [9.17, 15) is 0 Å². The Morgan fingerprint density at radius 2 is 2.16 bits per heavy atom. The molecule has 0 fully saturated rings. The van der Waals surface area contributed by atoms with Crippen molar-refractivity contribution < 1.29 is 4.74 Å². The summed E-state index contributed by atoms with van der Waals surface area (Å²) in [6, 6.07) is 11.6. The van der Waals surface area contributed by atoms with Crippen molar-refractivity contribution in [3.8, 4) is 11.8 Å². The molecule has 0 unspecified atom stereocenters. The summed E-state index contributed by atoms with van der Waals surface area (Å²) in [7, 11) is 0. The highest BCUT2D eigenvalue weighted by Crippen LogP contribution is 2.20. The fraction of sp³-hybridized carbons (Fsp3) is 0.200. The highest BCUT2D eigenvalue weighted by atomic mass is 16.5. The molecule has 0 bridgehead atoms. The molecule has 0 atom stereocenters. The molecule has 0 aliphatic rings. The second kappa shape index (κ2) is 6.41. The molecule has 0 spiro atoms. The fourth-order valence-electron chi connectivity index (χ4n) is 1.74. The zero-order valence-corrected chi connectivity index (χ0v) is 10.8. The van der Waals surface area contributed by atoms with Crippen LogP contribution in [0.5, 0.6) is 5.75 Å². The number of aromatic nitrogens is 1. The molecule has 0 aliphatic carbocycles. The number of anilines is 1. The first-order chi connectivity index (χ1) is 9.31. The van der Waals surface area contributed by atoms with Gasteiger partial charge in [0.1, 0.15) is 11.8 Å². The van der Waals surface area contributed by atoms with Crippen molar-refractivity contribution >= 4 is 5.69 Å². The Balaban J connectivity index is 2.07. The van der Waals surface area contributed by atoms with E-state index in [4.69, 9.17) is 10.00 Å². The van der Waals surface area contributed by atoms with E-state index in [2.05, 4.69) is 10.3 Å². The summed E-state index contributed by atoms with van der Waals surface area (Å²) >= 11 is 0. The Kier molecular flexibility index (Phi) is 4.35. The van der Waals surface area contributed by atoms with Gasteiger partial charge in [-0.25, -0.2) is 0 Å². The summed E-state index contributed by atoms with van der Waals surface area (Å²) in [5, 5.41) is 11.9. The highest BCUT2D eigenvalue weighted by molar-refractivity contribution is 5.49. The molecule has 2 rings (SSSR count). The third-order valence-electron chi connectivity index (χ3n) is 2.77. The van der Waals surface area contributed by atoms with Crippen LogP contribution in [0, 0.1) is 18.3 Å². The number of ether oxygens (including phenoxy) is 1. The lowest BCUT2D eigenvalue weighted by Crippen LogP contribution is -2.04. The van der Waals surface area contributed by atoms with Crippen LogP contribution in [0.25, 0.3) is 0 Å². The van der Waals surface area contributed by atoms with Gasteiger partial charge in [0.2, 0.25) is 0 Å². The summed E-state index contributed by atoms with van der Waals surface area (Å²) < 4.78 is 5.39. The van der Waals surface area contributed by atoms with E-state index >= 15 is 0 Å². The van der Waals surface area contributed by atoms with Gasteiger partial charge in [-0.05, 0) is 24.6 Å². The van der Waals surface area contributed by atoms with Crippen molar-refractivity contribution in [2.75, 3.05) is 11.9 Å². The number of nitrogens with one attached hydrogen (secondary N) is 1. The van der Waals surface area contributed by atoms with Gasteiger partial charge in [0.25, 0.3) is 0 Å². The van der Waals surface area contributed by atoms with Crippen LogP contribution in [0.4, 0.5) is 5.69 Å². The van der Waals surface area contributed by atoms with Gasteiger partial charge in [-0.2, -0.15) is 5.26 Å². The molecule has 1 heterocycles.